The van der Waals surface area contributed by atoms with Crippen LogP contribution in [0.5, 0.6) is 5.95 Å². The summed E-state index contributed by atoms with van der Waals surface area (Å²) >= 11 is 0. The highest BCUT2D eigenvalue weighted by Crippen LogP contribution is 2.30. The summed E-state index contributed by atoms with van der Waals surface area (Å²) in [5.74, 6) is -0.738. The zero-order chi connectivity index (χ0) is 18.7. The second-order valence-corrected chi connectivity index (χ2v) is 6.00. The second kappa shape index (κ2) is 7.47. The van der Waals surface area contributed by atoms with Crippen molar-refractivity contribution in [1.82, 2.24) is 4.57 Å². The van der Waals surface area contributed by atoms with Gasteiger partial charge in [-0.3, -0.25) is 9.36 Å². The lowest BCUT2D eigenvalue weighted by atomic mass is 9.99. The maximum Gasteiger partial charge on any atom is 0.422 e. The van der Waals surface area contributed by atoms with Crippen molar-refractivity contribution in [3.63, 3.8) is 0 Å². The molecule has 1 aromatic heterocycles. The van der Waals surface area contributed by atoms with Crippen LogP contribution in [0, 0.1) is 0 Å². The van der Waals surface area contributed by atoms with E-state index in [9.17, 15) is 9.59 Å². The minimum Gasteiger partial charge on any atom is -0.469 e. The number of ether oxygens (including phenoxy) is 2. The van der Waals surface area contributed by atoms with Crippen LogP contribution in [0.15, 0.2) is 51.7 Å². The lowest BCUT2D eigenvalue weighted by Gasteiger charge is -2.17. The molecule has 0 fully saturated rings. The summed E-state index contributed by atoms with van der Waals surface area (Å²) < 4.78 is 16.7. The molecule has 0 aliphatic rings. The average molecular weight is 355 g/mol. The number of hydrogen-bond acceptors (Lipinski definition) is 5. The van der Waals surface area contributed by atoms with Gasteiger partial charge in [0.05, 0.1) is 26.7 Å². The molecular formula is C20H21NO5. The summed E-state index contributed by atoms with van der Waals surface area (Å²) in [5, 5.41) is 2.16. The number of hydrogen-bond donors (Lipinski definition) is 0. The Morgan fingerprint density at radius 2 is 1.88 bits per heavy atom. The summed E-state index contributed by atoms with van der Waals surface area (Å²) in [6.07, 6.45) is 0.421. The molecule has 1 heterocycles. The third-order valence-electron chi connectivity index (χ3n) is 4.54. The number of nitrogens with zero attached hydrogens (tertiary/aromatic N) is 1. The lowest BCUT2D eigenvalue weighted by molar-refractivity contribution is -0.140. The van der Waals surface area contributed by atoms with Crippen molar-refractivity contribution >= 4 is 16.7 Å². The highest BCUT2D eigenvalue weighted by molar-refractivity contribution is 5.86. The first-order chi connectivity index (χ1) is 12.6. The molecule has 3 aromatic rings. The molecule has 2 aromatic carbocycles. The van der Waals surface area contributed by atoms with E-state index in [0.29, 0.717) is 5.69 Å². The number of carbonyl (C=O) groups excluding carboxylic acids is 1. The Bertz CT molecular complexity index is 980. The van der Waals surface area contributed by atoms with E-state index in [2.05, 4.69) is 0 Å². The summed E-state index contributed by atoms with van der Waals surface area (Å²) in [7, 11) is 2.77. The fraction of sp³-hybridized carbons (Fsp3) is 0.300. The van der Waals surface area contributed by atoms with Gasteiger partial charge in [0.1, 0.15) is 5.69 Å². The Balaban J connectivity index is 2.08. The topological polar surface area (TPSA) is 70.7 Å². The van der Waals surface area contributed by atoms with E-state index in [1.165, 1.54) is 14.2 Å². The number of aromatic nitrogens is 1. The van der Waals surface area contributed by atoms with E-state index in [0.717, 1.165) is 16.3 Å². The number of rotatable bonds is 6. The van der Waals surface area contributed by atoms with Crippen LogP contribution in [-0.2, 0) is 16.0 Å². The van der Waals surface area contributed by atoms with Crippen molar-refractivity contribution in [1.29, 1.82) is 0 Å². The van der Waals surface area contributed by atoms with Crippen molar-refractivity contribution in [2.45, 2.75) is 25.8 Å². The molecule has 6 heteroatoms. The number of methoxy groups -OCH3 is 2. The molecule has 1 atom stereocenters. The van der Waals surface area contributed by atoms with Crippen LogP contribution in [0.4, 0.5) is 0 Å². The van der Waals surface area contributed by atoms with Crippen LogP contribution in [0.25, 0.3) is 10.8 Å². The van der Waals surface area contributed by atoms with E-state index in [4.69, 9.17) is 13.9 Å². The second-order valence-electron chi connectivity index (χ2n) is 6.00. The van der Waals surface area contributed by atoms with Gasteiger partial charge in [-0.15, -0.1) is 0 Å². The molecule has 0 saturated carbocycles. The van der Waals surface area contributed by atoms with Crippen molar-refractivity contribution in [2.75, 3.05) is 14.2 Å². The van der Waals surface area contributed by atoms with Gasteiger partial charge in [-0.2, -0.15) is 0 Å². The Morgan fingerprint density at radius 3 is 2.62 bits per heavy atom. The molecule has 0 amide bonds. The first kappa shape index (κ1) is 17.8. The van der Waals surface area contributed by atoms with Crippen LogP contribution < -0.4 is 10.5 Å². The number of benzene rings is 2. The first-order valence-electron chi connectivity index (χ1n) is 8.39. The zero-order valence-corrected chi connectivity index (χ0v) is 15.0. The molecule has 6 nitrogen and oxygen atoms in total. The molecule has 136 valence electrons. The summed E-state index contributed by atoms with van der Waals surface area (Å²) in [6.45, 7) is 1.93. The maximum atomic E-state index is 12.5. The standard InChI is InChI=1S/C20H21NO5/c1-13(15-10-6-8-14-7-4-5-9-16(14)15)21-17(11-12-18(22)24-2)19(25-3)26-20(21)23/h4-10,13H,11-12H2,1-3H3. The van der Waals surface area contributed by atoms with Crippen LogP contribution in [0.1, 0.15) is 30.6 Å². The summed E-state index contributed by atoms with van der Waals surface area (Å²) in [5.41, 5.74) is 1.54. The summed E-state index contributed by atoms with van der Waals surface area (Å²) in [6, 6.07) is 13.7. The van der Waals surface area contributed by atoms with Gasteiger partial charge in [0, 0.05) is 6.42 Å². The lowest BCUT2D eigenvalue weighted by Crippen LogP contribution is -2.22. The maximum absolute atomic E-state index is 12.5. The number of carbonyl (C=O) groups is 1. The molecule has 0 N–H and O–H groups in total. The Labute approximate surface area is 150 Å². The largest absolute Gasteiger partial charge is 0.469 e. The van der Waals surface area contributed by atoms with E-state index < -0.39 is 5.76 Å². The van der Waals surface area contributed by atoms with Gasteiger partial charge in [-0.25, -0.2) is 4.79 Å². The number of oxazole rings is 1. The Kier molecular flexibility index (Phi) is 5.11. The first-order valence-corrected chi connectivity index (χ1v) is 8.39. The molecule has 0 saturated heterocycles. The van der Waals surface area contributed by atoms with Crippen molar-refractivity contribution in [3.8, 4) is 5.95 Å². The normalized spacial score (nSPS) is 12.1. The fourth-order valence-corrected chi connectivity index (χ4v) is 3.25. The fourth-order valence-electron chi connectivity index (χ4n) is 3.25. The van der Waals surface area contributed by atoms with E-state index >= 15 is 0 Å². The third kappa shape index (κ3) is 3.22. The van der Waals surface area contributed by atoms with Crippen molar-refractivity contribution in [2.24, 2.45) is 0 Å². The molecule has 0 radical (unpaired) electrons. The molecule has 3 rings (SSSR count). The van der Waals surface area contributed by atoms with E-state index in [1.807, 2.05) is 49.4 Å². The highest BCUT2D eigenvalue weighted by atomic mass is 16.6. The summed E-state index contributed by atoms with van der Waals surface area (Å²) in [4.78, 5) is 24.0. The smallest absolute Gasteiger partial charge is 0.422 e. The minimum atomic E-state index is -0.512. The molecule has 0 bridgehead atoms. The number of fused-ring (bicyclic) bond motifs is 1. The number of esters is 1. The van der Waals surface area contributed by atoms with Gasteiger partial charge in [0.2, 0.25) is 0 Å². The predicted molar refractivity (Wildman–Crippen MR) is 97.6 cm³/mol. The van der Waals surface area contributed by atoms with Crippen LogP contribution in [-0.4, -0.2) is 24.8 Å². The van der Waals surface area contributed by atoms with Crippen LogP contribution in [0.3, 0.4) is 0 Å². The molecule has 0 aliphatic heterocycles. The molecule has 1 unspecified atom stereocenters. The molecular weight excluding hydrogens is 334 g/mol. The van der Waals surface area contributed by atoms with E-state index in [-0.39, 0.29) is 30.8 Å². The zero-order valence-electron chi connectivity index (χ0n) is 15.0. The SMILES string of the molecule is COC(=O)CCc1c(OC)oc(=O)n1C(C)c1cccc2ccccc12. The Morgan fingerprint density at radius 1 is 1.15 bits per heavy atom. The van der Waals surface area contributed by atoms with Gasteiger partial charge >= 0.3 is 17.7 Å². The van der Waals surface area contributed by atoms with Crippen LogP contribution >= 0.6 is 0 Å². The van der Waals surface area contributed by atoms with Crippen LogP contribution in [0.2, 0.25) is 0 Å². The van der Waals surface area contributed by atoms with Gasteiger partial charge in [-0.05, 0) is 23.3 Å². The quantitative estimate of drug-likeness (QED) is 0.635. The monoisotopic (exact) mass is 355 g/mol. The van der Waals surface area contributed by atoms with Gasteiger partial charge in [0.25, 0.3) is 0 Å². The molecule has 0 spiro atoms. The van der Waals surface area contributed by atoms with E-state index in [1.54, 1.807) is 4.57 Å². The average Bonchev–Trinajstić information content (AvgIpc) is 3.00. The van der Waals surface area contributed by atoms with Crippen molar-refractivity contribution in [3.05, 3.63) is 64.3 Å². The predicted octanol–water partition coefficient (Wildman–Crippen LogP) is 3.32. The third-order valence-corrected chi connectivity index (χ3v) is 4.54. The van der Waals surface area contributed by atoms with Gasteiger partial charge in [0.15, 0.2) is 0 Å². The highest BCUT2D eigenvalue weighted by Gasteiger charge is 2.24. The van der Waals surface area contributed by atoms with Crippen molar-refractivity contribution < 1.29 is 18.7 Å². The minimum absolute atomic E-state index is 0.131. The molecule has 0 aliphatic carbocycles. The molecule has 26 heavy (non-hydrogen) atoms. The van der Waals surface area contributed by atoms with Gasteiger partial charge < -0.3 is 13.9 Å². The van der Waals surface area contributed by atoms with Gasteiger partial charge in [-0.1, -0.05) is 42.5 Å². The Hall–Kier alpha value is -3.02.